The first-order chi connectivity index (χ1) is 11.0. The van der Waals surface area contributed by atoms with Gasteiger partial charge in [0.1, 0.15) is 0 Å². The lowest BCUT2D eigenvalue weighted by Gasteiger charge is -2.41. The molecule has 23 heavy (non-hydrogen) atoms. The average molecular weight is 340 g/mol. The van der Waals surface area contributed by atoms with Gasteiger partial charge in [-0.25, -0.2) is 0 Å². The lowest BCUT2D eigenvalue weighted by Crippen LogP contribution is -2.56. The first kappa shape index (κ1) is 18.4. The van der Waals surface area contributed by atoms with Crippen molar-refractivity contribution in [2.45, 2.75) is 39.0 Å². The summed E-state index contributed by atoms with van der Waals surface area (Å²) in [7, 11) is 1.88. The van der Waals surface area contributed by atoms with Gasteiger partial charge in [-0.05, 0) is 24.8 Å². The third kappa shape index (κ3) is 5.57. The van der Waals surface area contributed by atoms with Gasteiger partial charge < -0.3 is 10.0 Å². The Morgan fingerprint density at radius 2 is 2.30 bits per heavy atom. The maximum absolute atomic E-state index is 12.4. The second-order valence-electron chi connectivity index (χ2n) is 6.47. The number of aliphatic hydroxyl groups is 1. The number of nitrogens with zero attached hydrogens (tertiary/aromatic N) is 3. The molecule has 1 amide bonds. The molecule has 2 atom stereocenters. The van der Waals surface area contributed by atoms with Crippen LogP contribution in [0.25, 0.3) is 0 Å². The Morgan fingerprint density at radius 3 is 2.91 bits per heavy atom. The second-order valence-corrected chi connectivity index (χ2v) is 7.50. The van der Waals surface area contributed by atoms with Crippen molar-refractivity contribution in [2.75, 3.05) is 39.8 Å². The summed E-state index contributed by atoms with van der Waals surface area (Å²) in [4.78, 5) is 20.1. The van der Waals surface area contributed by atoms with E-state index in [0.29, 0.717) is 19.1 Å². The average Bonchev–Trinajstić information content (AvgIpc) is 3.01. The van der Waals surface area contributed by atoms with Crippen LogP contribution in [0.3, 0.4) is 0 Å². The van der Waals surface area contributed by atoms with Crippen LogP contribution in [0.15, 0.2) is 17.5 Å². The smallest absolute Gasteiger partial charge is 0.236 e. The van der Waals surface area contributed by atoms with Crippen molar-refractivity contribution < 1.29 is 9.90 Å². The van der Waals surface area contributed by atoms with Gasteiger partial charge in [-0.2, -0.15) is 0 Å². The molecule has 2 unspecified atom stereocenters. The largest absolute Gasteiger partial charge is 0.392 e. The highest BCUT2D eigenvalue weighted by atomic mass is 32.1. The predicted molar refractivity (Wildman–Crippen MR) is 94.6 cm³/mol. The summed E-state index contributed by atoms with van der Waals surface area (Å²) in [5.74, 6) is 0.178. The van der Waals surface area contributed by atoms with Gasteiger partial charge in [0.2, 0.25) is 5.91 Å². The number of amides is 1. The highest BCUT2D eigenvalue weighted by Crippen LogP contribution is 2.15. The molecule has 1 fully saturated rings. The number of hydrogen-bond donors (Lipinski definition) is 1. The van der Waals surface area contributed by atoms with Gasteiger partial charge in [-0.3, -0.25) is 14.6 Å². The van der Waals surface area contributed by atoms with E-state index in [0.717, 1.165) is 32.6 Å². The summed E-state index contributed by atoms with van der Waals surface area (Å²) in [6, 6.07) is 4.51. The van der Waals surface area contributed by atoms with E-state index in [1.807, 2.05) is 30.3 Å². The Hall–Kier alpha value is -0.950. The van der Waals surface area contributed by atoms with Crippen molar-refractivity contribution in [3.05, 3.63) is 22.4 Å². The molecule has 6 heteroatoms. The lowest BCUT2D eigenvalue weighted by molar-refractivity contribution is -0.132. The summed E-state index contributed by atoms with van der Waals surface area (Å²) in [6.45, 7) is 8.63. The van der Waals surface area contributed by atoms with Gasteiger partial charge >= 0.3 is 0 Å². The summed E-state index contributed by atoms with van der Waals surface area (Å²) < 4.78 is 0. The lowest BCUT2D eigenvalue weighted by atomic mass is 10.1. The van der Waals surface area contributed by atoms with E-state index in [1.54, 1.807) is 11.3 Å². The molecule has 0 aliphatic carbocycles. The van der Waals surface area contributed by atoms with Crippen LogP contribution in [0.5, 0.6) is 0 Å². The standard InChI is InChI=1S/C17H29N3O2S/c1-4-15-11-19(7-8-20(15)10-14(2)21)13-17(22)18(3)12-16-6-5-9-23-16/h5-6,9,14-15,21H,4,7-8,10-13H2,1-3H3. The van der Waals surface area contributed by atoms with E-state index in [-0.39, 0.29) is 12.0 Å². The SMILES string of the molecule is CCC1CN(CC(=O)N(C)Cc2cccs2)CCN1CC(C)O. The fourth-order valence-electron chi connectivity index (χ4n) is 3.10. The van der Waals surface area contributed by atoms with Crippen molar-refractivity contribution in [1.82, 2.24) is 14.7 Å². The Labute approximate surface area is 143 Å². The highest BCUT2D eigenvalue weighted by molar-refractivity contribution is 7.09. The van der Waals surface area contributed by atoms with Crippen LogP contribution in [0.1, 0.15) is 25.1 Å². The fourth-order valence-corrected chi connectivity index (χ4v) is 3.86. The number of aliphatic hydroxyl groups excluding tert-OH is 1. The molecule has 0 bridgehead atoms. The molecule has 2 rings (SSSR count). The Kier molecular flexibility index (Phi) is 7.02. The van der Waals surface area contributed by atoms with E-state index in [1.165, 1.54) is 4.88 Å². The number of thiophene rings is 1. The van der Waals surface area contributed by atoms with Crippen LogP contribution in [0.4, 0.5) is 0 Å². The van der Waals surface area contributed by atoms with Crippen molar-refractivity contribution in [2.24, 2.45) is 0 Å². The number of β-amino-alcohol motifs (C(OH)–C–C–N with tert-alkyl or cyclic N) is 1. The molecular formula is C17H29N3O2S. The molecule has 1 aromatic heterocycles. The topological polar surface area (TPSA) is 47.0 Å². The Bertz CT molecular complexity index is 478. The molecule has 1 aliphatic heterocycles. The Morgan fingerprint density at radius 1 is 1.52 bits per heavy atom. The molecule has 0 spiro atoms. The van der Waals surface area contributed by atoms with Gasteiger partial charge in [0, 0.05) is 44.1 Å². The van der Waals surface area contributed by atoms with Crippen molar-refractivity contribution >= 4 is 17.2 Å². The van der Waals surface area contributed by atoms with Gasteiger partial charge in [0.15, 0.2) is 0 Å². The first-order valence-corrected chi connectivity index (χ1v) is 9.28. The number of rotatable bonds is 7. The van der Waals surface area contributed by atoms with Crippen molar-refractivity contribution in [1.29, 1.82) is 0 Å². The van der Waals surface area contributed by atoms with Crippen LogP contribution < -0.4 is 0 Å². The van der Waals surface area contributed by atoms with E-state index in [2.05, 4.69) is 22.8 Å². The van der Waals surface area contributed by atoms with Gasteiger partial charge in [-0.15, -0.1) is 11.3 Å². The Balaban J connectivity index is 1.82. The van der Waals surface area contributed by atoms with E-state index in [4.69, 9.17) is 0 Å². The molecule has 2 heterocycles. The molecular weight excluding hydrogens is 310 g/mol. The number of carbonyl (C=O) groups excluding carboxylic acids is 1. The number of hydrogen-bond acceptors (Lipinski definition) is 5. The zero-order valence-electron chi connectivity index (χ0n) is 14.4. The minimum absolute atomic E-state index is 0.178. The van der Waals surface area contributed by atoms with Crippen LogP contribution in [-0.2, 0) is 11.3 Å². The molecule has 0 radical (unpaired) electrons. The van der Waals surface area contributed by atoms with Crippen LogP contribution in [-0.4, -0.2) is 77.6 Å². The third-order valence-electron chi connectivity index (χ3n) is 4.42. The molecule has 1 N–H and O–H groups in total. The molecule has 1 aliphatic rings. The maximum Gasteiger partial charge on any atom is 0.236 e. The van der Waals surface area contributed by atoms with Crippen molar-refractivity contribution in [3.8, 4) is 0 Å². The molecule has 130 valence electrons. The first-order valence-electron chi connectivity index (χ1n) is 8.40. The quantitative estimate of drug-likeness (QED) is 0.817. The summed E-state index contributed by atoms with van der Waals surface area (Å²) in [5, 5.41) is 11.7. The predicted octanol–water partition coefficient (Wildman–Crippen LogP) is 1.48. The molecule has 1 saturated heterocycles. The van der Waals surface area contributed by atoms with Crippen LogP contribution in [0.2, 0.25) is 0 Å². The summed E-state index contributed by atoms with van der Waals surface area (Å²) in [5.41, 5.74) is 0. The molecule has 5 nitrogen and oxygen atoms in total. The summed E-state index contributed by atoms with van der Waals surface area (Å²) >= 11 is 1.69. The van der Waals surface area contributed by atoms with Crippen molar-refractivity contribution in [3.63, 3.8) is 0 Å². The summed E-state index contributed by atoms with van der Waals surface area (Å²) in [6.07, 6.45) is 0.747. The molecule has 0 aromatic carbocycles. The van der Waals surface area contributed by atoms with Crippen LogP contribution in [0, 0.1) is 0 Å². The van der Waals surface area contributed by atoms with E-state index >= 15 is 0 Å². The van der Waals surface area contributed by atoms with Gasteiger partial charge in [-0.1, -0.05) is 13.0 Å². The minimum Gasteiger partial charge on any atom is -0.392 e. The second kappa shape index (κ2) is 8.78. The monoisotopic (exact) mass is 339 g/mol. The van der Waals surface area contributed by atoms with Gasteiger partial charge in [0.05, 0.1) is 19.2 Å². The zero-order chi connectivity index (χ0) is 16.8. The number of likely N-dealkylation sites (N-methyl/N-ethyl adjacent to an activating group) is 1. The number of carbonyl (C=O) groups is 1. The zero-order valence-corrected chi connectivity index (χ0v) is 15.3. The van der Waals surface area contributed by atoms with Gasteiger partial charge in [0.25, 0.3) is 0 Å². The van der Waals surface area contributed by atoms with Crippen LogP contribution >= 0.6 is 11.3 Å². The maximum atomic E-state index is 12.4. The number of piperazine rings is 1. The highest BCUT2D eigenvalue weighted by Gasteiger charge is 2.27. The van der Waals surface area contributed by atoms with E-state index in [9.17, 15) is 9.90 Å². The minimum atomic E-state index is -0.297. The van der Waals surface area contributed by atoms with E-state index < -0.39 is 0 Å². The fraction of sp³-hybridized carbons (Fsp3) is 0.706. The third-order valence-corrected chi connectivity index (χ3v) is 5.28. The molecule has 1 aromatic rings. The molecule has 0 saturated carbocycles. The normalized spacial score (nSPS) is 21.3.